The number of hydrogen-bond donors (Lipinski definition) is 2. The normalized spacial score (nSPS) is 10.9. The molecular formula is C24H31N3O3. The van der Waals surface area contributed by atoms with Gasteiger partial charge in [0.15, 0.2) is 0 Å². The Kier molecular flexibility index (Phi) is 9.61. The molecular weight excluding hydrogens is 378 g/mol. The van der Waals surface area contributed by atoms with Crippen molar-refractivity contribution in [3.8, 4) is 5.75 Å². The van der Waals surface area contributed by atoms with E-state index in [0.717, 1.165) is 30.9 Å². The fraction of sp³-hybridized carbons (Fsp3) is 0.333. The predicted octanol–water partition coefficient (Wildman–Crippen LogP) is 3.81. The molecule has 0 aliphatic heterocycles. The minimum absolute atomic E-state index is 0.115. The first-order chi connectivity index (χ1) is 14.5. The highest BCUT2D eigenvalue weighted by atomic mass is 16.5. The molecule has 2 rings (SSSR count). The fourth-order valence-electron chi connectivity index (χ4n) is 2.87. The molecule has 0 aliphatic carbocycles. The lowest BCUT2D eigenvalue weighted by atomic mass is 10.2. The summed E-state index contributed by atoms with van der Waals surface area (Å²) in [6.07, 6.45) is 3.21. The van der Waals surface area contributed by atoms with Crippen molar-refractivity contribution in [3.05, 3.63) is 65.7 Å². The Morgan fingerprint density at radius 2 is 1.63 bits per heavy atom. The van der Waals surface area contributed by atoms with Crippen LogP contribution in [0, 0.1) is 0 Å². The quantitative estimate of drug-likeness (QED) is 0.554. The van der Waals surface area contributed by atoms with E-state index >= 15 is 0 Å². The molecule has 2 amide bonds. The Hall–Kier alpha value is -3.12. The zero-order valence-corrected chi connectivity index (χ0v) is 18.0. The number of rotatable bonds is 11. The molecule has 0 atom stereocenters. The van der Waals surface area contributed by atoms with Gasteiger partial charge in [0.1, 0.15) is 5.75 Å². The van der Waals surface area contributed by atoms with Gasteiger partial charge < -0.3 is 20.3 Å². The second kappa shape index (κ2) is 12.4. The molecule has 160 valence electrons. The van der Waals surface area contributed by atoms with Crippen LogP contribution < -0.4 is 15.4 Å². The Morgan fingerprint density at radius 1 is 0.967 bits per heavy atom. The van der Waals surface area contributed by atoms with Gasteiger partial charge in [0.25, 0.3) is 5.91 Å². The van der Waals surface area contributed by atoms with E-state index in [-0.39, 0.29) is 11.8 Å². The second-order valence-corrected chi connectivity index (χ2v) is 6.68. The molecule has 0 unspecified atom stereocenters. The lowest BCUT2D eigenvalue weighted by Gasteiger charge is -2.17. The average molecular weight is 410 g/mol. The summed E-state index contributed by atoms with van der Waals surface area (Å²) in [7, 11) is 0. The van der Waals surface area contributed by atoms with Gasteiger partial charge in [0.2, 0.25) is 5.91 Å². The standard InChI is InChI=1S/C24H31N3O3/c1-4-27(5-2)18-17-25-24(29)20-10-12-21(13-11-20)26-23(28)16-9-19-7-14-22(15-8-19)30-6-3/h7-16H,4-6,17-18H2,1-3H3,(H,25,29)(H,26,28)/b16-9+. The van der Waals surface area contributed by atoms with E-state index in [1.54, 1.807) is 30.3 Å². The highest BCUT2D eigenvalue weighted by Gasteiger charge is 2.06. The van der Waals surface area contributed by atoms with Crippen LogP contribution in [-0.4, -0.2) is 49.5 Å². The lowest BCUT2D eigenvalue weighted by Crippen LogP contribution is -2.34. The van der Waals surface area contributed by atoms with Crippen LogP contribution in [-0.2, 0) is 4.79 Å². The summed E-state index contributed by atoms with van der Waals surface area (Å²) in [5.41, 5.74) is 2.11. The summed E-state index contributed by atoms with van der Waals surface area (Å²) in [6.45, 7) is 10.1. The molecule has 0 radical (unpaired) electrons. The van der Waals surface area contributed by atoms with Gasteiger partial charge in [-0.25, -0.2) is 0 Å². The molecule has 6 heteroatoms. The summed E-state index contributed by atoms with van der Waals surface area (Å²) in [5, 5.41) is 5.72. The number of nitrogens with zero attached hydrogens (tertiary/aromatic N) is 1. The van der Waals surface area contributed by atoms with Gasteiger partial charge in [0, 0.05) is 30.4 Å². The maximum atomic E-state index is 12.2. The van der Waals surface area contributed by atoms with Crippen molar-refractivity contribution in [3.63, 3.8) is 0 Å². The number of likely N-dealkylation sites (N-methyl/N-ethyl adjacent to an activating group) is 1. The van der Waals surface area contributed by atoms with Crippen LogP contribution in [0.4, 0.5) is 5.69 Å². The number of ether oxygens (including phenoxy) is 1. The van der Waals surface area contributed by atoms with E-state index in [1.807, 2.05) is 31.2 Å². The van der Waals surface area contributed by atoms with Crippen LogP contribution >= 0.6 is 0 Å². The first-order valence-corrected chi connectivity index (χ1v) is 10.4. The largest absolute Gasteiger partial charge is 0.494 e. The minimum atomic E-state index is -0.236. The molecule has 0 heterocycles. The summed E-state index contributed by atoms with van der Waals surface area (Å²) in [6, 6.07) is 14.4. The number of hydrogen-bond acceptors (Lipinski definition) is 4. The highest BCUT2D eigenvalue weighted by molar-refractivity contribution is 6.02. The van der Waals surface area contributed by atoms with Crippen LogP contribution in [0.5, 0.6) is 5.75 Å². The summed E-state index contributed by atoms with van der Waals surface area (Å²) in [5.74, 6) is 0.451. The third-order valence-electron chi connectivity index (χ3n) is 4.64. The number of nitrogens with one attached hydrogen (secondary N) is 2. The highest BCUT2D eigenvalue weighted by Crippen LogP contribution is 2.14. The predicted molar refractivity (Wildman–Crippen MR) is 122 cm³/mol. The van der Waals surface area contributed by atoms with E-state index in [4.69, 9.17) is 4.74 Å². The van der Waals surface area contributed by atoms with Crippen LogP contribution in [0.2, 0.25) is 0 Å². The van der Waals surface area contributed by atoms with Crippen molar-refractivity contribution in [2.24, 2.45) is 0 Å². The minimum Gasteiger partial charge on any atom is -0.494 e. The number of anilines is 1. The van der Waals surface area contributed by atoms with E-state index in [2.05, 4.69) is 29.4 Å². The number of carbonyl (C=O) groups excluding carboxylic acids is 2. The van der Waals surface area contributed by atoms with Crippen LogP contribution in [0.25, 0.3) is 6.08 Å². The van der Waals surface area contributed by atoms with E-state index < -0.39 is 0 Å². The number of carbonyl (C=O) groups is 2. The summed E-state index contributed by atoms with van der Waals surface area (Å²) in [4.78, 5) is 26.6. The van der Waals surface area contributed by atoms with Crippen molar-refractivity contribution < 1.29 is 14.3 Å². The molecule has 2 aromatic carbocycles. The van der Waals surface area contributed by atoms with Crippen LogP contribution in [0.1, 0.15) is 36.7 Å². The number of benzene rings is 2. The molecule has 0 bridgehead atoms. The molecule has 0 aromatic heterocycles. The van der Waals surface area contributed by atoms with Crippen molar-refractivity contribution >= 4 is 23.6 Å². The van der Waals surface area contributed by atoms with E-state index in [0.29, 0.717) is 24.4 Å². The van der Waals surface area contributed by atoms with Crippen molar-refractivity contribution in [2.75, 3.05) is 38.1 Å². The molecule has 2 aromatic rings. The molecule has 0 fully saturated rings. The van der Waals surface area contributed by atoms with Gasteiger partial charge in [-0.1, -0.05) is 26.0 Å². The average Bonchev–Trinajstić information content (AvgIpc) is 2.77. The smallest absolute Gasteiger partial charge is 0.251 e. The Labute approximate surface area is 178 Å². The molecule has 0 saturated heterocycles. The summed E-state index contributed by atoms with van der Waals surface area (Å²) < 4.78 is 5.40. The van der Waals surface area contributed by atoms with E-state index in [1.165, 1.54) is 6.08 Å². The molecule has 2 N–H and O–H groups in total. The molecule has 0 saturated carbocycles. The van der Waals surface area contributed by atoms with Gasteiger partial charge in [0.05, 0.1) is 6.61 Å². The van der Waals surface area contributed by atoms with Crippen LogP contribution in [0.15, 0.2) is 54.6 Å². The van der Waals surface area contributed by atoms with Crippen molar-refractivity contribution in [1.29, 1.82) is 0 Å². The van der Waals surface area contributed by atoms with Gasteiger partial charge in [-0.3, -0.25) is 9.59 Å². The maximum absolute atomic E-state index is 12.2. The molecule has 30 heavy (non-hydrogen) atoms. The van der Waals surface area contributed by atoms with Crippen LogP contribution in [0.3, 0.4) is 0 Å². The Balaban J connectivity index is 1.82. The Morgan fingerprint density at radius 3 is 2.23 bits per heavy atom. The zero-order chi connectivity index (χ0) is 21.8. The lowest BCUT2D eigenvalue weighted by molar-refractivity contribution is -0.111. The SMILES string of the molecule is CCOc1ccc(/C=C/C(=O)Nc2ccc(C(=O)NCCN(CC)CC)cc2)cc1. The Bertz CT molecular complexity index is 826. The topological polar surface area (TPSA) is 70.7 Å². The van der Waals surface area contributed by atoms with Gasteiger partial charge in [-0.2, -0.15) is 0 Å². The fourth-order valence-corrected chi connectivity index (χ4v) is 2.87. The summed E-state index contributed by atoms with van der Waals surface area (Å²) >= 11 is 0. The molecule has 6 nitrogen and oxygen atoms in total. The van der Waals surface area contributed by atoms with Gasteiger partial charge >= 0.3 is 0 Å². The second-order valence-electron chi connectivity index (χ2n) is 6.68. The van der Waals surface area contributed by atoms with Crippen molar-refractivity contribution in [1.82, 2.24) is 10.2 Å². The van der Waals surface area contributed by atoms with Gasteiger partial charge in [-0.05, 0) is 68.1 Å². The number of amides is 2. The van der Waals surface area contributed by atoms with Crippen molar-refractivity contribution in [2.45, 2.75) is 20.8 Å². The monoisotopic (exact) mass is 409 g/mol. The zero-order valence-electron chi connectivity index (χ0n) is 18.0. The molecule has 0 aliphatic rings. The maximum Gasteiger partial charge on any atom is 0.251 e. The first kappa shape index (κ1) is 23.2. The first-order valence-electron chi connectivity index (χ1n) is 10.4. The van der Waals surface area contributed by atoms with Gasteiger partial charge in [-0.15, -0.1) is 0 Å². The third kappa shape index (κ3) is 7.72. The van der Waals surface area contributed by atoms with E-state index in [9.17, 15) is 9.59 Å². The third-order valence-corrected chi connectivity index (χ3v) is 4.64. The molecule has 0 spiro atoms.